The number of hydrogen-bond donors (Lipinski definition) is 1. The fraction of sp³-hybridized carbons (Fsp3) is 0.500. The van der Waals surface area contributed by atoms with Crippen molar-refractivity contribution in [2.45, 2.75) is 56.8 Å². The molecule has 228 valence electrons. The molecule has 5 saturated heterocycles. The maximum atomic E-state index is 14.6. The number of nitrogens with zero attached hydrogens (tertiary/aromatic N) is 6. The molecule has 11 heteroatoms. The van der Waals surface area contributed by atoms with Gasteiger partial charge in [0.15, 0.2) is 11.6 Å². The van der Waals surface area contributed by atoms with E-state index < -0.39 is 17.7 Å². The molecular formula is C32H39F2N7O2. The summed E-state index contributed by atoms with van der Waals surface area (Å²) in [4.78, 5) is 22.6. The molecule has 5 aliphatic rings. The molecule has 0 spiro atoms. The lowest BCUT2D eigenvalue weighted by Crippen LogP contribution is -2.70. The molecule has 2 aromatic carbocycles. The smallest absolute Gasteiger partial charge is 0.252 e. The molecule has 1 aromatic heterocycles. The SMILES string of the molecule is CCN1C2CC1CN(C1CCN(c3ccc(Nc4ccnc(N5OCC[C@@H]5c5cccc(F)c5F)n4)c(OC)c3)CC1)C2. The maximum absolute atomic E-state index is 14.6. The zero-order valence-corrected chi connectivity index (χ0v) is 24.8. The summed E-state index contributed by atoms with van der Waals surface area (Å²) in [6.07, 6.45) is 5.83. The van der Waals surface area contributed by atoms with Crippen molar-refractivity contribution in [2.24, 2.45) is 0 Å². The van der Waals surface area contributed by atoms with Crippen molar-refractivity contribution in [3.8, 4) is 5.75 Å². The summed E-state index contributed by atoms with van der Waals surface area (Å²) in [5.74, 6) is -0.247. The molecule has 2 bridgehead atoms. The van der Waals surface area contributed by atoms with Crippen LogP contribution in [0.5, 0.6) is 5.75 Å². The van der Waals surface area contributed by atoms with Crippen LogP contribution in [0, 0.1) is 11.6 Å². The average Bonchev–Trinajstić information content (AvgIpc) is 3.53. The molecule has 3 aromatic rings. The Bertz CT molecular complexity index is 1440. The number of hydroxylamine groups is 1. The van der Waals surface area contributed by atoms with E-state index in [1.54, 1.807) is 25.4 Å². The highest BCUT2D eigenvalue weighted by Gasteiger charge is 2.45. The number of piperazine rings is 1. The fourth-order valence-corrected chi connectivity index (χ4v) is 7.39. The van der Waals surface area contributed by atoms with Gasteiger partial charge in [0, 0.05) is 74.2 Å². The third-order valence-electron chi connectivity index (χ3n) is 9.62. The molecular weight excluding hydrogens is 552 g/mol. The Morgan fingerprint density at radius 2 is 1.84 bits per heavy atom. The van der Waals surface area contributed by atoms with Gasteiger partial charge in [0.05, 0.1) is 25.4 Å². The van der Waals surface area contributed by atoms with Crippen LogP contribution in [0.25, 0.3) is 0 Å². The zero-order valence-electron chi connectivity index (χ0n) is 24.8. The molecule has 0 aliphatic carbocycles. The summed E-state index contributed by atoms with van der Waals surface area (Å²) in [6.45, 7) is 8.32. The second-order valence-electron chi connectivity index (χ2n) is 11.9. The van der Waals surface area contributed by atoms with Crippen LogP contribution in [-0.2, 0) is 4.84 Å². The Morgan fingerprint density at radius 3 is 2.60 bits per heavy atom. The largest absolute Gasteiger partial charge is 0.494 e. The van der Waals surface area contributed by atoms with Crippen LogP contribution in [0.3, 0.4) is 0 Å². The zero-order chi connectivity index (χ0) is 29.5. The average molecular weight is 592 g/mol. The number of hydrogen-bond acceptors (Lipinski definition) is 9. The van der Waals surface area contributed by atoms with E-state index in [0.29, 0.717) is 30.6 Å². The topological polar surface area (TPSA) is 69.2 Å². The number of likely N-dealkylation sites (N-methyl/N-ethyl adjacent to an activating group) is 1. The summed E-state index contributed by atoms with van der Waals surface area (Å²) < 4.78 is 34.3. The van der Waals surface area contributed by atoms with Crippen LogP contribution in [0.1, 0.15) is 44.2 Å². The standard InChI is InChI=1S/C32H39F2N7O2/c1-3-40-23-17-24(40)20-39(19-23)21-10-14-38(15-11-21)22-7-8-27(29(18-22)42-2)36-30-9-13-35-32(37-30)41-28(12-16-43-41)25-5-4-6-26(33)31(25)34/h4-9,13,18,21,23-24,28H,3,10-12,14-17,19-20H2,1-2H3,(H,35,36,37)/t23?,24?,28-/m1/s1. The highest BCUT2D eigenvalue weighted by Crippen LogP contribution is 2.38. The first kappa shape index (κ1) is 28.2. The third-order valence-corrected chi connectivity index (χ3v) is 9.62. The van der Waals surface area contributed by atoms with Crippen molar-refractivity contribution >= 4 is 23.1 Å². The minimum atomic E-state index is -0.887. The molecule has 1 N–H and O–H groups in total. The lowest BCUT2D eigenvalue weighted by Gasteiger charge is -2.58. The van der Waals surface area contributed by atoms with E-state index in [2.05, 4.69) is 49.0 Å². The second kappa shape index (κ2) is 11.9. The van der Waals surface area contributed by atoms with Gasteiger partial charge in [-0.2, -0.15) is 4.98 Å². The lowest BCUT2D eigenvalue weighted by molar-refractivity contribution is -0.0812. The number of ether oxygens (including phenoxy) is 1. The minimum absolute atomic E-state index is 0.219. The predicted octanol–water partition coefficient (Wildman–Crippen LogP) is 5.14. The van der Waals surface area contributed by atoms with Crippen molar-refractivity contribution in [3.05, 3.63) is 65.9 Å². The number of nitrogens with one attached hydrogen (secondary N) is 1. The van der Waals surface area contributed by atoms with Crippen molar-refractivity contribution in [1.29, 1.82) is 0 Å². The number of methoxy groups -OCH3 is 1. The van der Waals surface area contributed by atoms with Crippen LogP contribution >= 0.6 is 0 Å². The molecule has 5 aliphatic heterocycles. The van der Waals surface area contributed by atoms with Gasteiger partial charge in [-0.3, -0.25) is 14.6 Å². The minimum Gasteiger partial charge on any atom is -0.494 e. The van der Waals surface area contributed by atoms with E-state index >= 15 is 0 Å². The molecule has 0 amide bonds. The number of halogens is 2. The number of fused-ring (bicyclic) bond motifs is 2. The summed E-state index contributed by atoms with van der Waals surface area (Å²) in [5.41, 5.74) is 2.14. The number of aromatic nitrogens is 2. The van der Waals surface area contributed by atoms with E-state index in [-0.39, 0.29) is 11.5 Å². The first-order valence-electron chi connectivity index (χ1n) is 15.4. The number of benzene rings is 2. The summed E-state index contributed by atoms with van der Waals surface area (Å²) in [6, 6.07) is 13.8. The highest BCUT2D eigenvalue weighted by molar-refractivity contribution is 5.69. The molecule has 9 nitrogen and oxygen atoms in total. The Labute approximate surface area is 251 Å². The molecule has 8 rings (SSSR count). The number of piperidine rings is 2. The van der Waals surface area contributed by atoms with Gasteiger partial charge in [-0.05, 0) is 50.1 Å². The molecule has 0 saturated carbocycles. The summed E-state index contributed by atoms with van der Waals surface area (Å²) in [7, 11) is 1.67. The highest BCUT2D eigenvalue weighted by atomic mass is 19.2. The molecule has 3 atom stereocenters. The Kier molecular flexibility index (Phi) is 7.79. The lowest BCUT2D eigenvalue weighted by atomic mass is 9.85. The van der Waals surface area contributed by atoms with Gasteiger partial charge >= 0.3 is 0 Å². The molecule has 43 heavy (non-hydrogen) atoms. The molecule has 5 fully saturated rings. The maximum Gasteiger partial charge on any atom is 0.252 e. The molecule has 6 heterocycles. The van der Waals surface area contributed by atoms with Crippen LogP contribution in [0.4, 0.5) is 31.9 Å². The van der Waals surface area contributed by atoms with Gasteiger partial charge in [0.2, 0.25) is 0 Å². The van der Waals surface area contributed by atoms with Gasteiger partial charge < -0.3 is 15.0 Å². The number of anilines is 4. The monoisotopic (exact) mass is 591 g/mol. The Hall–Kier alpha value is -3.54. The van der Waals surface area contributed by atoms with Crippen LogP contribution < -0.4 is 20.0 Å². The van der Waals surface area contributed by atoms with Gasteiger partial charge in [-0.1, -0.05) is 19.1 Å². The van der Waals surface area contributed by atoms with Crippen molar-refractivity contribution in [1.82, 2.24) is 19.8 Å². The van der Waals surface area contributed by atoms with Gasteiger partial charge in [0.25, 0.3) is 5.95 Å². The van der Waals surface area contributed by atoms with Gasteiger partial charge in [-0.25, -0.2) is 18.8 Å². The van der Waals surface area contributed by atoms with E-state index in [0.717, 1.165) is 42.6 Å². The summed E-state index contributed by atoms with van der Waals surface area (Å²) >= 11 is 0. The van der Waals surface area contributed by atoms with Gasteiger partial charge in [-0.15, -0.1) is 0 Å². The molecule has 0 radical (unpaired) electrons. The van der Waals surface area contributed by atoms with E-state index in [9.17, 15) is 8.78 Å². The summed E-state index contributed by atoms with van der Waals surface area (Å²) in [5, 5.41) is 4.80. The predicted molar refractivity (Wildman–Crippen MR) is 162 cm³/mol. The van der Waals surface area contributed by atoms with Gasteiger partial charge in [0.1, 0.15) is 11.6 Å². The van der Waals surface area contributed by atoms with Crippen molar-refractivity contribution < 1.29 is 18.4 Å². The second-order valence-corrected chi connectivity index (χ2v) is 11.9. The van der Waals surface area contributed by atoms with E-state index in [1.165, 1.54) is 50.0 Å². The van der Waals surface area contributed by atoms with E-state index in [4.69, 9.17) is 9.57 Å². The normalized spacial score (nSPS) is 24.7. The molecule has 2 unspecified atom stereocenters. The van der Waals surface area contributed by atoms with Crippen LogP contribution in [0.2, 0.25) is 0 Å². The van der Waals surface area contributed by atoms with Crippen LogP contribution in [-0.4, -0.2) is 84.3 Å². The first-order chi connectivity index (χ1) is 21.0. The number of rotatable bonds is 8. The van der Waals surface area contributed by atoms with Crippen molar-refractivity contribution in [2.75, 3.05) is 61.7 Å². The fourth-order valence-electron chi connectivity index (χ4n) is 7.39. The van der Waals surface area contributed by atoms with Crippen molar-refractivity contribution in [3.63, 3.8) is 0 Å². The first-order valence-corrected chi connectivity index (χ1v) is 15.4. The Balaban J connectivity index is 1.01. The quantitative estimate of drug-likeness (QED) is 0.384. The third kappa shape index (κ3) is 5.38. The Morgan fingerprint density at radius 1 is 1.02 bits per heavy atom. The van der Waals surface area contributed by atoms with Crippen LogP contribution in [0.15, 0.2) is 48.7 Å². The van der Waals surface area contributed by atoms with E-state index in [1.807, 2.05) is 6.07 Å².